The monoisotopic (exact) mass is 715 g/mol. The molecule has 0 fully saturated rings. The number of fused-ring (bicyclic) bond motifs is 6. The molecule has 5 heteroatoms. The van der Waals surface area contributed by atoms with Crippen molar-refractivity contribution in [3.8, 4) is 62.1 Å². The van der Waals surface area contributed by atoms with Gasteiger partial charge in [-0.05, 0) is 64.7 Å². The third-order valence-corrected chi connectivity index (χ3v) is 10.8. The van der Waals surface area contributed by atoms with Gasteiger partial charge in [0, 0.05) is 55.0 Å². The van der Waals surface area contributed by atoms with Crippen LogP contribution < -0.4 is 0 Å². The van der Waals surface area contributed by atoms with Crippen LogP contribution in [0.2, 0.25) is 0 Å². The van der Waals surface area contributed by atoms with Crippen molar-refractivity contribution in [1.29, 1.82) is 0 Å². The molecule has 3 aromatic heterocycles. The van der Waals surface area contributed by atoms with E-state index in [0.29, 0.717) is 17.5 Å². The zero-order valence-electron chi connectivity index (χ0n) is 30.3. The van der Waals surface area contributed by atoms with Gasteiger partial charge in [0.25, 0.3) is 0 Å². The van der Waals surface area contributed by atoms with Crippen LogP contribution in [0.1, 0.15) is 0 Å². The molecule has 0 spiro atoms. The quantitative estimate of drug-likeness (QED) is 0.186. The van der Waals surface area contributed by atoms with Gasteiger partial charge in [0.2, 0.25) is 0 Å². The third-order valence-electron chi connectivity index (χ3n) is 10.8. The zero-order chi connectivity index (χ0) is 37.0. The molecule has 5 nitrogen and oxygen atoms in total. The molecule has 0 bridgehead atoms. The molecule has 0 radical (unpaired) electrons. The van der Waals surface area contributed by atoms with Gasteiger partial charge in [-0.15, -0.1) is 0 Å². The normalized spacial score (nSPS) is 11.6. The summed E-state index contributed by atoms with van der Waals surface area (Å²) in [5.41, 5.74) is 13.3. The lowest BCUT2D eigenvalue weighted by Crippen LogP contribution is -2.00. The van der Waals surface area contributed by atoms with Crippen LogP contribution in [0, 0.1) is 0 Å². The SMILES string of the molecule is c1ccc(-c2nc(-c3ccccc3)nc(-c3ccc(-c4cccc(-n5c6ccccc6c6cc(-c7cccc8[nH]c9ccccc9c78)ccc65)c4)cc3)n2)cc1. The van der Waals surface area contributed by atoms with Gasteiger partial charge in [0.15, 0.2) is 17.5 Å². The first-order chi connectivity index (χ1) is 27.7. The molecular weight excluding hydrogens is 683 g/mol. The van der Waals surface area contributed by atoms with Crippen LogP contribution in [0.3, 0.4) is 0 Å². The summed E-state index contributed by atoms with van der Waals surface area (Å²) < 4.78 is 2.39. The van der Waals surface area contributed by atoms with Crippen molar-refractivity contribution < 1.29 is 0 Å². The van der Waals surface area contributed by atoms with Gasteiger partial charge in [0.05, 0.1) is 11.0 Å². The molecule has 0 aliphatic heterocycles. The van der Waals surface area contributed by atoms with E-state index in [9.17, 15) is 0 Å². The number of hydrogen-bond acceptors (Lipinski definition) is 3. The van der Waals surface area contributed by atoms with Gasteiger partial charge in [-0.2, -0.15) is 0 Å². The second-order valence-corrected chi connectivity index (χ2v) is 14.1. The fourth-order valence-corrected chi connectivity index (χ4v) is 8.14. The molecule has 0 atom stereocenters. The fourth-order valence-electron chi connectivity index (χ4n) is 8.14. The van der Waals surface area contributed by atoms with Crippen molar-refractivity contribution in [3.63, 3.8) is 0 Å². The first-order valence-electron chi connectivity index (χ1n) is 18.9. The molecule has 0 saturated carbocycles. The molecule has 0 aliphatic rings. The zero-order valence-corrected chi connectivity index (χ0v) is 30.3. The largest absolute Gasteiger partial charge is 0.354 e. The number of aromatic amines is 1. The predicted molar refractivity (Wildman–Crippen MR) is 231 cm³/mol. The molecule has 1 N–H and O–H groups in total. The van der Waals surface area contributed by atoms with E-state index >= 15 is 0 Å². The number of rotatable bonds is 6. The van der Waals surface area contributed by atoms with Crippen molar-refractivity contribution >= 4 is 43.6 Å². The summed E-state index contributed by atoms with van der Waals surface area (Å²) in [5.74, 6) is 1.95. The molecule has 262 valence electrons. The second-order valence-electron chi connectivity index (χ2n) is 14.1. The van der Waals surface area contributed by atoms with E-state index in [2.05, 4.69) is 143 Å². The molecule has 0 unspecified atom stereocenters. The minimum atomic E-state index is 0.642. The van der Waals surface area contributed by atoms with Gasteiger partial charge in [-0.25, -0.2) is 15.0 Å². The summed E-state index contributed by atoms with van der Waals surface area (Å²) in [7, 11) is 0. The maximum Gasteiger partial charge on any atom is 0.164 e. The second kappa shape index (κ2) is 13.0. The van der Waals surface area contributed by atoms with Crippen molar-refractivity contribution in [2.75, 3.05) is 0 Å². The van der Waals surface area contributed by atoms with Crippen LogP contribution in [-0.2, 0) is 0 Å². The Kier molecular flexibility index (Phi) is 7.42. The third kappa shape index (κ3) is 5.37. The minimum absolute atomic E-state index is 0.642. The average molecular weight is 716 g/mol. The molecule has 0 saturated heterocycles. The van der Waals surface area contributed by atoms with E-state index in [1.54, 1.807) is 0 Å². The topological polar surface area (TPSA) is 59.4 Å². The van der Waals surface area contributed by atoms with Crippen LogP contribution in [0.4, 0.5) is 0 Å². The van der Waals surface area contributed by atoms with Gasteiger partial charge >= 0.3 is 0 Å². The molecule has 3 heterocycles. The minimum Gasteiger partial charge on any atom is -0.354 e. The summed E-state index contributed by atoms with van der Waals surface area (Å²) in [6.07, 6.45) is 0. The average Bonchev–Trinajstić information content (AvgIpc) is 3.83. The highest BCUT2D eigenvalue weighted by molar-refractivity contribution is 6.16. The van der Waals surface area contributed by atoms with E-state index < -0.39 is 0 Å². The van der Waals surface area contributed by atoms with Gasteiger partial charge in [-0.1, -0.05) is 152 Å². The van der Waals surface area contributed by atoms with Crippen LogP contribution in [0.25, 0.3) is 106 Å². The Hall–Kier alpha value is -7.63. The van der Waals surface area contributed by atoms with Crippen LogP contribution in [-0.4, -0.2) is 24.5 Å². The summed E-state index contributed by atoms with van der Waals surface area (Å²) in [6.45, 7) is 0. The van der Waals surface area contributed by atoms with Crippen molar-refractivity contribution in [2.45, 2.75) is 0 Å². The predicted octanol–water partition coefficient (Wildman–Crippen LogP) is 12.9. The molecule has 0 amide bonds. The van der Waals surface area contributed by atoms with E-state index in [0.717, 1.165) is 44.5 Å². The number of benzene rings is 8. The van der Waals surface area contributed by atoms with Crippen molar-refractivity contribution in [2.24, 2.45) is 0 Å². The smallest absolute Gasteiger partial charge is 0.164 e. The Morgan fingerprint density at radius 3 is 1.61 bits per heavy atom. The Morgan fingerprint density at radius 1 is 0.339 bits per heavy atom. The van der Waals surface area contributed by atoms with Crippen LogP contribution in [0.15, 0.2) is 194 Å². The molecule has 0 aliphatic carbocycles. The van der Waals surface area contributed by atoms with E-state index in [-0.39, 0.29) is 0 Å². The molecule has 11 aromatic rings. The van der Waals surface area contributed by atoms with E-state index in [1.807, 2.05) is 60.7 Å². The number of nitrogens with zero attached hydrogens (tertiary/aromatic N) is 4. The molecular formula is C51H33N5. The summed E-state index contributed by atoms with van der Waals surface area (Å²) in [5, 5.41) is 4.96. The molecule has 8 aromatic carbocycles. The van der Waals surface area contributed by atoms with E-state index in [1.165, 1.54) is 43.7 Å². The standard InChI is InChI=1S/C51H33N5/c1-3-13-34(14-4-1)49-53-50(35-15-5-2-6-16-35)55-51(54-49)36-27-25-33(26-28-36)37-17-11-18-39(31-37)56-46-24-10-8-19-41(46)43-32-38(29-30-47(43)56)40-21-12-23-45-48(40)42-20-7-9-22-44(42)52-45/h1-32,52H. The number of hydrogen-bond donors (Lipinski definition) is 1. The highest BCUT2D eigenvalue weighted by Crippen LogP contribution is 2.39. The van der Waals surface area contributed by atoms with Gasteiger partial charge in [-0.3, -0.25) is 0 Å². The Labute approximate surface area is 323 Å². The summed E-state index contributed by atoms with van der Waals surface area (Å²) >= 11 is 0. The summed E-state index contributed by atoms with van der Waals surface area (Å²) in [6, 6.07) is 68.2. The number of nitrogens with one attached hydrogen (secondary N) is 1. The highest BCUT2D eigenvalue weighted by atomic mass is 15.0. The lowest BCUT2D eigenvalue weighted by atomic mass is 9.98. The van der Waals surface area contributed by atoms with Crippen LogP contribution in [0.5, 0.6) is 0 Å². The number of H-pyrrole nitrogens is 1. The Morgan fingerprint density at radius 2 is 0.875 bits per heavy atom. The van der Waals surface area contributed by atoms with Crippen molar-refractivity contribution in [1.82, 2.24) is 24.5 Å². The summed E-state index contributed by atoms with van der Waals surface area (Å²) in [4.78, 5) is 18.3. The number of aromatic nitrogens is 5. The first-order valence-corrected chi connectivity index (χ1v) is 18.9. The maximum absolute atomic E-state index is 4.93. The lowest BCUT2D eigenvalue weighted by Gasteiger charge is -2.12. The Bertz CT molecular complexity index is 3180. The van der Waals surface area contributed by atoms with Crippen molar-refractivity contribution in [3.05, 3.63) is 194 Å². The van der Waals surface area contributed by atoms with Crippen LogP contribution >= 0.6 is 0 Å². The Balaban J connectivity index is 0.984. The lowest BCUT2D eigenvalue weighted by molar-refractivity contribution is 1.07. The molecule has 56 heavy (non-hydrogen) atoms. The maximum atomic E-state index is 4.93. The van der Waals surface area contributed by atoms with Gasteiger partial charge in [0.1, 0.15) is 0 Å². The highest BCUT2D eigenvalue weighted by Gasteiger charge is 2.17. The number of para-hydroxylation sites is 2. The van der Waals surface area contributed by atoms with Gasteiger partial charge < -0.3 is 9.55 Å². The van der Waals surface area contributed by atoms with E-state index in [4.69, 9.17) is 15.0 Å². The fraction of sp³-hybridized carbons (Fsp3) is 0. The first kappa shape index (κ1) is 31.9. The molecule has 11 rings (SSSR count).